The van der Waals surface area contributed by atoms with Crippen molar-refractivity contribution >= 4 is 27.9 Å². The third kappa shape index (κ3) is 3.56. The third-order valence-electron chi connectivity index (χ3n) is 6.53. The van der Waals surface area contributed by atoms with Crippen molar-refractivity contribution in [1.82, 2.24) is 14.5 Å². The van der Waals surface area contributed by atoms with E-state index in [0.717, 1.165) is 43.4 Å². The molecule has 3 heterocycles. The lowest BCUT2D eigenvalue weighted by Gasteiger charge is -2.31. The number of rotatable bonds is 4. The van der Waals surface area contributed by atoms with E-state index < -0.39 is 0 Å². The first-order valence-electron chi connectivity index (χ1n) is 10.8. The van der Waals surface area contributed by atoms with Gasteiger partial charge in [0, 0.05) is 25.0 Å². The Labute approximate surface area is 181 Å². The van der Waals surface area contributed by atoms with E-state index >= 15 is 0 Å². The van der Waals surface area contributed by atoms with Gasteiger partial charge in [-0.2, -0.15) is 0 Å². The van der Waals surface area contributed by atoms with Gasteiger partial charge in [0.25, 0.3) is 5.91 Å². The number of amides is 1. The molecule has 0 spiro atoms. The summed E-state index contributed by atoms with van der Waals surface area (Å²) >= 11 is 0. The number of hydrogen-bond acceptors (Lipinski definition) is 4. The number of imidazole rings is 1. The van der Waals surface area contributed by atoms with Crippen LogP contribution >= 0.6 is 0 Å². The average Bonchev–Trinajstić information content (AvgIpc) is 3.38. The maximum atomic E-state index is 13.0. The molecular formula is C25H27N3O3. The molecule has 1 amide bonds. The fourth-order valence-corrected chi connectivity index (χ4v) is 4.51. The van der Waals surface area contributed by atoms with Crippen molar-refractivity contribution < 1.29 is 13.9 Å². The minimum atomic E-state index is -0.0455. The van der Waals surface area contributed by atoms with Crippen LogP contribution in [0.5, 0.6) is 5.75 Å². The van der Waals surface area contributed by atoms with Gasteiger partial charge in [-0.1, -0.05) is 12.1 Å². The molecular weight excluding hydrogens is 390 g/mol. The van der Waals surface area contributed by atoms with E-state index in [1.165, 1.54) is 16.6 Å². The van der Waals surface area contributed by atoms with E-state index in [-0.39, 0.29) is 5.91 Å². The topological polar surface area (TPSA) is 60.5 Å². The SMILES string of the molecule is COc1cccc2cc(C(=O)N3CCC(Cn4cnc5cc(C)c(C)cc54)CC3)oc12. The lowest BCUT2D eigenvalue weighted by Crippen LogP contribution is -2.39. The molecule has 6 nitrogen and oxygen atoms in total. The molecule has 0 radical (unpaired) electrons. The highest BCUT2D eigenvalue weighted by atomic mass is 16.5. The van der Waals surface area contributed by atoms with E-state index in [4.69, 9.17) is 9.15 Å². The van der Waals surface area contributed by atoms with Gasteiger partial charge in [0.2, 0.25) is 0 Å². The highest BCUT2D eigenvalue weighted by Gasteiger charge is 2.26. The molecule has 4 aromatic rings. The molecule has 0 saturated carbocycles. The first-order chi connectivity index (χ1) is 15.0. The van der Waals surface area contributed by atoms with Crippen molar-refractivity contribution in [2.45, 2.75) is 33.2 Å². The van der Waals surface area contributed by atoms with Crippen LogP contribution in [0.2, 0.25) is 0 Å². The number of benzene rings is 2. The summed E-state index contributed by atoms with van der Waals surface area (Å²) in [6.07, 6.45) is 3.89. The zero-order valence-electron chi connectivity index (χ0n) is 18.2. The number of nitrogens with zero attached hydrogens (tertiary/aromatic N) is 3. The number of aromatic nitrogens is 2. The molecule has 1 aliphatic rings. The number of methoxy groups -OCH3 is 1. The molecule has 0 bridgehead atoms. The van der Waals surface area contributed by atoms with Crippen molar-refractivity contribution in [2.24, 2.45) is 5.92 Å². The molecule has 5 rings (SSSR count). The Kier molecular flexibility index (Phi) is 4.93. The van der Waals surface area contributed by atoms with Gasteiger partial charge in [-0.25, -0.2) is 4.98 Å². The van der Waals surface area contributed by atoms with Gasteiger partial charge < -0.3 is 18.6 Å². The van der Waals surface area contributed by atoms with Crippen LogP contribution in [0, 0.1) is 19.8 Å². The van der Waals surface area contributed by atoms with Crippen LogP contribution in [0.15, 0.2) is 47.1 Å². The van der Waals surface area contributed by atoms with Crippen molar-refractivity contribution in [3.63, 3.8) is 0 Å². The van der Waals surface area contributed by atoms with Gasteiger partial charge in [-0.05, 0) is 68.0 Å². The number of fused-ring (bicyclic) bond motifs is 2. The number of carbonyl (C=O) groups excluding carboxylic acids is 1. The van der Waals surface area contributed by atoms with Gasteiger partial charge in [-0.3, -0.25) is 4.79 Å². The summed E-state index contributed by atoms with van der Waals surface area (Å²) in [5, 5.41) is 0.884. The molecule has 1 fully saturated rings. The van der Waals surface area contributed by atoms with E-state index in [2.05, 4.69) is 35.5 Å². The number of para-hydroxylation sites is 1. The summed E-state index contributed by atoms with van der Waals surface area (Å²) in [5.74, 6) is 1.51. The summed E-state index contributed by atoms with van der Waals surface area (Å²) in [4.78, 5) is 19.5. The second-order valence-electron chi connectivity index (χ2n) is 8.55. The maximum Gasteiger partial charge on any atom is 0.289 e. The van der Waals surface area contributed by atoms with Crippen molar-refractivity contribution in [3.05, 3.63) is 59.6 Å². The Morgan fingerprint density at radius 2 is 1.94 bits per heavy atom. The normalized spacial score (nSPS) is 15.1. The van der Waals surface area contributed by atoms with E-state index in [0.29, 0.717) is 23.0 Å². The number of piperidine rings is 1. The summed E-state index contributed by atoms with van der Waals surface area (Å²) in [6, 6.07) is 11.9. The van der Waals surface area contributed by atoms with Crippen molar-refractivity contribution in [1.29, 1.82) is 0 Å². The minimum Gasteiger partial charge on any atom is -0.493 e. The first kappa shape index (κ1) is 19.7. The van der Waals surface area contributed by atoms with Crippen LogP contribution in [0.3, 0.4) is 0 Å². The third-order valence-corrected chi connectivity index (χ3v) is 6.53. The van der Waals surface area contributed by atoms with Gasteiger partial charge in [-0.15, -0.1) is 0 Å². The van der Waals surface area contributed by atoms with Crippen LogP contribution in [0.4, 0.5) is 0 Å². The summed E-state index contributed by atoms with van der Waals surface area (Å²) in [5.41, 5.74) is 5.43. The van der Waals surface area contributed by atoms with E-state index in [1.54, 1.807) is 7.11 Å². The Balaban J connectivity index is 1.26. The molecule has 1 aliphatic heterocycles. The Morgan fingerprint density at radius 1 is 1.16 bits per heavy atom. The van der Waals surface area contributed by atoms with Gasteiger partial charge in [0.1, 0.15) is 0 Å². The number of hydrogen-bond donors (Lipinski definition) is 0. The van der Waals surface area contributed by atoms with E-state index in [9.17, 15) is 4.79 Å². The minimum absolute atomic E-state index is 0.0455. The Bertz CT molecular complexity index is 1260. The second kappa shape index (κ2) is 7.76. The van der Waals surface area contributed by atoms with Crippen LogP contribution in [0.25, 0.3) is 22.0 Å². The van der Waals surface area contributed by atoms with Crippen LogP contribution in [-0.4, -0.2) is 40.6 Å². The maximum absolute atomic E-state index is 13.0. The number of ether oxygens (including phenoxy) is 1. The molecule has 1 saturated heterocycles. The fourth-order valence-electron chi connectivity index (χ4n) is 4.51. The molecule has 160 valence electrons. The Morgan fingerprint density at radius 3 is 2.71 bits per heavy atom. The summed E-state index contributed by atoms with van der Waals surface area (Å²) in [6.45, 7) is 6.68. The quantitative estimate of drug-likeness (QED) is 0.471. The average molecular weight is 418 g/mol. The predicted molar refractivity (Wildman–Crippen MR) is 121 cm³/mol. The van der Waals surface area contributed by atoms with Crippen LogP contribution in [-0.2, 0) is 6.54 Å². The van der Waals surface area contributed by atoms with Crippen molar-refractivity contribution in [2.75, 3.05) is 20.2 Å². The summed E-state index contributed by atoms with van der Waals surface area (Å²) < 4.78 is 13.5. The number of furan rings is 1. The highest BCUT2D eigenvalue weighted by molar-refractivity contribution is 5.97. The molecule has 2 aromatic heterocycles. The zero-order valence-corrected chi connectivity index (χ0v) is 18.2. The van der Waals surface area contributed by atoms with Crippen molar-refractivity contribution in [3.8, 4) is 5.75 Å². The number of aryl methyl sites for hydroxylation is 2. The first-order valence-corrected chi connectivity index (χ1v) is 10.8. The van der Waals surface area contributed by atoms with Gasteiger partial charge >= 0.3 is 0 Å². The lowest BCUT2D eigenvalue weighted by atomic mass is 9.96. The van der Waals surface area contributed by atoms with E-state index in [1.807, 2.05) is 35.5 Å². The number of carbonyl (C=O) groups is 1. The second-order valence-corrected chi connectivity index (χ2v) is 8.55. The molecule has 6 heteroatoms. The molecule has 31 heavy (non-hydrogen) atoms. The molecule has 0 aliphatic carbocycles. The standard InChI is InChI=1S/C25H27N3O3/c1-16-11-20-21(12-17(16)2)28(15-26-20)14-18-7-9-27(10-8-18)25(29)23-13-19-5-4-6-22(30-3)24(19)31-23/h4-6,11-13,15,18H,7-10,14H2,1-3H3. The van der Waals surface area contributed by atoms with Crippen LogP contribution in [0.1, 0.15) is 34.5 Å². The molecule has 2 aromatic carbocycles. The highest BCUT2D eigenvalue weighted by Crippen LogP contribution is 2.30. The monoisotopic (exact) mass is 417 g/mol. The zero-order chi connectivity index (χ0) is 21.5. The predicted octanol–water partition coefficient (Wildman–Crippen LogP) is 4.96. The Hall–Kier alpha value is -3.28. The fraction of sp³-hybridized carbons (Fsp3) is 0.360. The smallest absolute Gasteiger partial charge is 0.289 e. The van der Waals surface area contributed by atoms with Gasteiger partial charge in [0.15, 0.2) is 17.1 Å². The number of likely N-dealkylation sites (tertiary alicyclic amines) is 1. The largest absolute Gasteiger partial charge is 0.493 e. The summed E-state index contributed by atoms with van der Waals surface area (Å²) in [7, 11) is 1.61. The van der Waals surface area contributed by atoms with Gasteiger partial charge in [0.05, 0.1) is 24.5 Å². The van der Waals surface area contributed by atoms with Crippen LogP contribution < -0.4 is 4.74 Å². The molecule has 0 unspecified atom stereocenters. The molecule has 0 atom stereocenters. The molecule has 0 N–H and O–H groups in total. The lowest BCUT2D eigenvalue weighted by molar-refractivity contribution is 0.0653.